The lowest BCUT2D eigenvalue weighted by Gasteiger charge is -1.99. The Kier molecular flexibility index (Phi) is 15.1. The summed E-state index contributed by atoms with van der Waals surface area (Å²) in [6.45, 7) is 0. The lowest BCUT2D eigenvalue weighted by atomic mass is 10.2. The van der Waals surface area contributed by atoms with Gasteiger partial charge in [-0.25, -0.2) is 13.8 Å². The van der Waals surface area contributed by atoms with Crippen LogP contribution in [-0.4, -0.2) is 34.3 Å². The third kappa shape index (κ3) is 9.94. The van der Waals surface area contributed by atoms with Crippen LogP contribution in [0.5, 0.6) is 0 Å². The van der Waals surface area contributed by atoms with E-state index in [0.29, 0.717) is 22.1 Å². The van der Waals surface area contributed by atoms with Gasteiger partial charge in [0.2, 0.25) is 0 Å². The molecular weight excluding hydrogens is 520 g/mol. The molecule has 29 heavy (non-hydrogen) atoms. The van der Waals surface area contributed by atoms with E-state index < -0.39 is 5.82 Å². The third-order valence-electron chi connectivity index (χ3n) is 2.82. The Morgan fingerprint density at radius 1 is 0.897 bits per heavy atom. The second kappa shape index (κ2) is 15.3. The average Bonchev–Trinajstić information content (AvgIpc) is 3.21. The summed E-state index contributed by atoms with van der Waals surface area (Å²) in [6.07, 6.45) is 4.13. The van der Waals surface area contributed by atoms with Gasteiger partial charge in [0.25, 0.3) is 0 Å². The minimum absolute atomic E-state index is 0. The van der Waals surface area contributed by atoms with Crippen LogP contribution in [-0.2, 0) is 9.59 Å². The van der Waals surface area contributed by atoms with Gasteiger partial charge in [0, 0.05) is 21.3 Å². The first-order chi connectivity index (χ1) is 12.9. The van der Waals surface area contributed by atoms with Gasteiger partial charge >= 0.3 is 0 Å². The molecule has 3 aromatic rings. The number of aromatic amines is 1. The van der Waals surface area contributed by atoms with Crippen molar-refractivity contribution in [3.05, 3.63) is 74.9 Å². The van der Waals surface area contributed by atoms with Crippen LogP contribution in [0, 0.1) is 11.6 Å². The quantitative estimate of drug-likeness (QED) is 0.382. The molecule has 1 heterocycles. The molecule has 1 aromatic heterocycles. The Labute approximate surface area is 181 Å². The summed E-state index contributed by atoms with van der Waals surface area (Å²) >= 11 is 6.39. The topological polar surface area (TPSA) is 146 Å². The Morgan fingerprint density at radius 2 is 1.45 bits per heavy atom. The summed E-state index contributed by atoms with van der Waals surface area (Å²) in [4.78, 5) is 34.6. The van der Waals surface area contributed by atoms with E-state index in [1.54, 1.807) is 30.6 Å². The minimum Gasteiger partial charge on any atom is -0.412 e. The number of carbonyl (C=O) groups excluding carboxylic acids is 3. The number of imidazole rings is 1. The van der Waals surface area contributed by atoms with Crippen LogP contribution in [0.25, 0.3) is 11.4 Å². The van der Waals surface area contributed by atoms with E-state index in [1.807, 2.05) is 0 Å². The molecule has 11 heteroatoms. The Bertz CT molecular complexity index is 904. The van der Waals surface area contributed by atoms with Crippen LogP contribution in [0.15, 0.2) is 57.7 Å². The lowest BCUT2D eigenvalue weighted by Crippen LogP contribution is -1.85. The van der Waals surface area contributed by atoms with E-state index >= 15 is 0 Å². The van der Waals surface area contributed by atoms with E-state index in [4.69, 9.17) is 9.59 Å². The third-order valence-corrected chi connectivity index (χ3v) is 3.81. The second-order valence-electron chi connectivity index (χ2n) is 4.62. The van der Waals surface area contributed by atoms with Crippen LogP contribution in [0.4, 0.5) is 8.78 Å². The van der Waals surface area contributed by atoms with Crippen molar-refractivity contribution in [1.29, 1.82) is 0 Å². The van der Waals surface area contributed by atoms with E-state index in [9.17, 15) is 13.6 Å². The van der Waals surface area contributed by atoms with Gasteiger partial charge in [-0.1, -0.05) is 31.9 Å². The number of carbonyl (C=O) groups is 3. The zero-order chi connectivity index (χ0) is 20.2. The van der Waals surface area contributed by atoms with Gasteiger partial charge < -0.3 is 16.6 Å². The van der Waals surface area contributed by atoms with Crippen molar-refractivity contribution < 1.29 is 28.6 Å². The maximum absolute atomic E-state index is 13.3. The van der Waals surface area contributed by atoms with Crippen LogP contribution in [0.1, 0.15) is 10.4 Å². The lowest BCUT2D eigenvalue weighted by molar-refractivity contribution is -0.122. The first-order valence-electron chi connectivity index (χ1n) is 7.16. The van der Waals surface area contributed by atoms with E-state index in [0.717, 1.165) is 4.47 Å². The monoisotopic (exact) mass is 535 g/mol. The number of benzene rings is 2. The van der Waals surface area contributed by atoms with Gasteiger partial charge in [0.1, 0.15) is 17.5 Å². The second-order valence-corrected chi connectivity index (χ2v) is 6.45. The summed E-state index contributed by atoms with van der Waals surface area (Å²) in [6, 6.07) is 8.97. The number of nitrogens with one attached hydrogen (secondary N) is 1. The summed E-state index contributed by atoms with van der Waals surface area (Å²) in [5, 5.41) is 0. The molecular formula is C18H17Br2F2N3O4. The number of hydrogen-bond donors (Lipinski definition) is 2. The first-order valence-corrected chi connectivity index (χ1v) is 8.75. The highest BCUT2D eigenvalue weighted by Crippen LogP contribution is 2.22. The molecule has 156 valence electrons. The van der Waals surface area contributed by atoms with Crippen molar-refractivity contribution in [2.45, 2.75) is 0 Å². The highest BCUT2D eigenvalue weighted by Gasteiger charge is 2.06. The Morgan fingerprint density at radius 3 is 1.90 bits per heavy atom. The molecule has 2 aromatic carbocycles. The number of rotatable bonds is 3. The van der Waals surface area contributed by atoms with Gasteiger partial charge in [-0.15, -0.1) is 0 Å². The maximum atomic E-state index is 13.3. The first kappa shape index (κ1) is 28.6. The molecule has 7 nitrogen and oxygen atoms in total. The smallest absolute Gasteiger partial charge is 0.182 e. The predicted molar refractivity (Wildman–Crippen MR) is 112 cm³/mol. The number of aldehydes is 3. The van der Waals surface area contributed by atoms with Gasteiger partial charge in [0.15, 0.2) is 18.9 Å². The molecule has 0 unspecified atom stereocenters. The fraction of sp³-hybridized carbons (Fsp3) is 0. The molecule has 0 aliphatic heterocycles. The molecule has 0 aliphatic carbocycles. The summed E-state index contributed by atoms with van der Waals surface area (Å²) in [7, 11) is 0. The predicted octanol–water partition coefficient (Wildman–Crippen LogP) is 4.10. The van der Waals surface area contributed by atoms with Crippen LogP contribution in [0.2, 0.25) is 0 Å². The Balaban J connectivity index is 0. The highest BCUT2D eigenvalue weighted by atomic mass is 79.9. The zero-order valence-electron chi connectivity index (χ0n) is 14.7. The van der Waals surface area contributed by atoms with Crippen molar-refractivity contribution in [2.24, 2.45) is 0 Å². The molecule has 3 rings (SSSR count). The molecule has 0 saturated heterocycles. The van der Waals surface area contributed by atoms with Crippen LogP contribution >= 0.6 is 31.9 Å². The molecule has 0 aliphatic rings. The molecule has 0 saturated carbocycles. The standard InChI is InChI=1S/C9H6BrFN2.C7H4BrFO.C2H2O2.H3N.H2O/c10-6-1-2-8(11)7(5-6)9-12-3-4-13-9;8-6-1-2-7(9)5(3-6)4-10;3-1-2-4;;/h1-5H,(H,12,13);1-4H;1-2H;1H3;1H2. The molecule has 0 amide bonds. The van der Waals surface area contributed by atoms with Gasteiger partial charge in [0.05, 0.1) is 11.1 Å². The van der Waals surface area contributed by atoms with Crippen molar-refractivity contribution in [3.63, 3.8) is 0 Å². The number of hydrogen-bond acceptors (Lipinski definition) is 5. The zero-order valence-corrected chi connectivity index (χ0v) is 17.9. The number of aromatic nitrogens is 2. The van der Waals surface area contributed by atoms with Gasteiger partial charge in [-0.05, 0) is 36.4 Å². The van der Waals surface area contributed by atoms with E-state index in [2.05, 4.69) is 41.8 Å². The molecule has 0 atom stereocenters. The SMILES string of the molecule is Fc1ccc(Br)cc1-c1ncc[nH]1.N.O.O=CC=O.O=Cc1cc(Br)ccc1F. The van der Waals surface area contributed by atoms with Gasteiger partial charge in [-0.3, -0.25) is 14.4 Å². The van der Waals surface area contributed by atoms with Crippen molar-refractivity contribution in [1.82, 2.24) is 16.1 Å². The summed E-state index contributed by atoms with van der Waals surface area (Å²) < 4.78 is 27.3. The van der Waals surface area contributed by atoms with Crippen molar-refractivity contribution in [2.75, 3.05) is 0 Å². The number of nitrogens with zero attached hydrogens (tertiary/aromatic N) is 1. The summed E-state index contributed by atoms with van der Waals surface area (Å²) in [5.41, 5.74) is 0.550. The summed E-state index contributed by atoms with van der Waals surface area (Å²) in [5.74, 6) is -0.227. The van der Waals surface area contributed by atoms with Gasteiger partial charge in [-0.2, -0.15) is 0 Å². The highest BCUT2D eigenvalue weighted by molar-refractivity contribution is 9.10. The average molecular weight is 537 g/mol. The van der Waals surface area contributed by atoms with Crippen molar-refractivity contribution in [3.8, 4) is 11.4 Å². The fourth-order valence-electron chi connectivity index (χ4n) is 1.70. The largest absolute Gasteiger partial charge is 0.412 e. The van der Waals surface area contributed by atoms with Crippen LogP contribution < -0.4 is 6.15 Å². The normalized spacial score (nSPS) is 8.55. The Hall–Kier alpha value is -2.60. The molecule has 6 N–H and O–H groups in total. The number of H-pyrrole nitrogens is 1. The van der Waals surface area contributed by atoms with Crippen molar-refractivity contribution >= 4 is 50.7 Å². The minimum atomic E-state index is -0.488. The van der Waals surface area contributed by atoms with Crippen LogP contribution in [0.3, 0.4) is 0 Å². The molecule has 0 bridgehead atoms. The maximum Gasteiger partial charge on any atom is 0.182 e. The molecule has 0 fully saturated rings. The van der Waals surface area contributed by atoms with E-state index in [1.165, 1.54) is 18.2 Å². The molecule has 0 spiro atoms. The van der Waals surface area contributed by atoms with E-state index in [-0.39, 0.29) is 35.6 Å². The fourth-order valence-corrected chi connectivity index (χ4v) is 2.44. The number of halogens is 4. The molecule has 0 radical (unpaired) electrons.